The van der Waals surface area contributed by atoms with E-state index in [9.17, 15) is 4.79 Å². The Morgan fingerprint density at radius 1 is 0.893 bits per heavy atom. The van der Waals surface area contributed by atoms with Gasteiger partial charge < -0.3 is 19.5 Å². The van der Waals surface area contributed by atoms with E-state index in [4.69, 9.17) is 14.2 Å². The molecule has 4 rings (SSSR count). The Morgan fingerprint density at radius 3 is 2.32 bits per heavy atom. The lowest BCUT2D eigenvalue weighted by Crippen LogP contribution is -2.34. The zero-order valence-electron chi connectivity index (χ0n) is 15.8. The van der Waals surface area contributed by atoms with Crippen molar-refractivity contribution in [2.24, 2.45) is 0 Å². The maximum Gasteiger partial charge on any atom is 0.234 e. The first kappa shape index (κ1) is 17.9. The zero-order valence-corrected chi connectivity index (χ0v) is 15.8. The number of anilines is 1. The SMILES string of the molecule is CC(C)(C(=O)Nc1ccc(Oc2ccccc2)cc1)c1ccc2c(c1)OCO2. The summed E-state index contributed by atoms with van der Waals surface area (Å²) >= 11 is 0. The van der Waals surface area contributed by atoms with Gasteiger partial charge in [-0.1, -0.05) is 24.3 Å². The van der Waals surface area contributed by atoms with Crippen LogP contribution >= 0.6 is 0 Å². The summed E-state index contributed by atoms with van der Waals surface area (Å²) < 4.78 is 16.5. The van der Waals surface area contributed by atoms with Crippen LogP contribution in [0.25, 0.3) is 0 Å². The molecule has 1 aliphatic heterocycles. The van der Waals surface area contributed by atoms with Crippen molar-refractivity contribution in [3.63, 3.8) is 0 Å². The minimum absolute atomic E-state index is 0.108. The highest BCUT2D eigenvalue weighted by molar-refractivity contribution is 5.98. The van der Waals surface area contributed by atoms with Crippen molar-refractivity contribution >= 4 is 11.6 Å². The van der Waals surface area contributed by atoms with Crippen molar-refractivity contribution < 1.29 is 19.0 Å². The second-order valence-electron chi connectivity index (χ2n) is 7.09. The molecule has 28 heavy (non-hydrogen) atoms. The second-order valence-corrected chi connectivity index (χ2v) is 7.09. The lowest BCUT2D eigenvalue weighted by Gasteiger charge is -2.24. The molecular formula is C23H21NO4. The maximum atomic E-state index is 12.9. The smallest absolute Gasteiger partial charge is 0.234 e. The van der Waals surface area contributed by atoms with Gasteiger partial charge in [-0.25, -0.2) is 0 Å². The third-order valence-corrected chi connectivity index (χ3v) is 4.75. The highest BCUT2D eigenvalue weighted by Crippen LogP contribution is 2.37. The summed E-state index contributed by atoms with van der Waals surface area (Å²) in [6, 6.07) is 22.5. The zero-order chi connectivity index (χ0) is 19.6. The minimum Gasteiger partial charge on any atom is -0.457 e. The van der Waals surface area contributed by atoms with Gasteiger partial charge in [0.05, 0.1) is 5.41 Å². The van der Waals surface area contributed by atoms with Crippen LogP contribution in [-0.4, -0.2) is 12.7 Å². The van der Waals surface area contributed by atoms with Gasteiger partial charge in [0.15, 0.2) is 11.5 Å². The summed E-state index contributed by atoms with van der Waals surface area (Å²) in [5, 5.41) is 2.97. The van der Waals surface area contributed by atoms with E-state index >= 15 is 0 Å². The molecule has 5 nitrogen and oxygen atoms in total. The van der Waals surface area contributed by atoms with Crippen molar-refractivity contribution in [3.8, 4) is 23.0 Å². The maximum absolute atomic E-state index is 12.9. The number of fused-ring (bicyclic) bond motifs is 1. The highest BCUT2D eigenvalue weighted by Gasteiger charge is 2.31. The van der Waals surface area contributed by atoms with Gasteiger partial charge in [-0.2, -0.15) is 0 Å². The van der Waals surface area contributed by atoms with E-state index in [2.05, 4.69) is 5.32 Å². The number of para-hydroxylation sites is 1. The van der Waals surface area contributed by atoms with Gasteiger partial charge in [0.2, 0.25) is 12.7 Å². The van der Waals surface area contributed by atoms with Crippen LogP contribution in [0, 0.1) is 0 Å². The molecule has 1 amide bonds. The summed E-state index contributed by atoms with van der Waals surface area (Å²) in [5.41, 5.74) is 0.831. The molecule has 0 radical (unpaired) electrons. The van der Waals surface area contributed by atoms with Crippen LogP contribution in [0.2, 0.25) is 0 Å². The molecule has 3 aromatic carbocycles. The lowest BCUT2D eigenvalue weighted by atomic mass is 9.83. The quantitative estimate of drug-likeness (QED) is 0.672. The van der Waals surface area contributed by atoms with Crippen molar-refractivity contribution in [3.05, 3.63) is 78.4 Å². The number of benzene rings is 3. The largest absolute Gasteiger partial charge is 0.457 e. The molecule has 3 aromatic rings. The summed E-state index contributed by atoms with van der Waals surface area (Å²) in [4.78, 5) is 12.9. The van der Waals surface area contributed by atoms with Crippen LogP contribution in [0.4, 0.5) is 5.69 Å². The molecule has 1 N–H and O–H groups in total. The highest BCUT2D eigenvalue weighted by atomic mass is 16.7. The second kappa shape index (κ2) is 7.27. The fourth-order valence-electron chi connectivity index (χ4n) is 2.93. The van der Waals surface area contributed by atoms with E-state index in [-0.39, 0.29) is 12.7 Å². The van der Waals surface area contributed by atoms with Crippen molar-refractivity contribution in [1.82, 2.24) is 0 Å². The molecule has 0 aromatic heterocycles. The molecule has 0 bridgehead atoms. The van der Waals surface area contributed by atoms with Gasteiger partial charge in [-0.15, -0.1) is 0 Å². The predicted octanol–water partition coefficient (Wildman–Crippen LogP) is 5.12. The molecule has 0 unspecified atom stereocenters. The number of rotatable bonds is 5. The van der Waals surface area contributed by atoms with Gasteiger partial charge in [0, 0.05) is 5.69 Å². The molecule has 0 spiro atoms. The molecule has 0 atom stereocenters. The molecule has 1 heterocycles. The first-order valence-corrected chi connectivity index (χ1v) is 9.07. The topological polar surface area (TPSA) is 56.8 Å². The average molecular weight is 375 g/mol. The number of hydrogen-bond donors (Lipinski definition) is 1. The van der Waals surface area contributed by atoms with E-state index < -0.39 is 5.41 Å². The van der Waals surface area contributed by atoms with E-state index in [1.54, 1.807) is 0 Å². The van der Waals surface area contributed by atoms with Gasteiger partial charge in [-0.05, 0) is 67.9 Å². The fraction of sp³-hybridized carbons (Fsp3) is 0.174. The number of carbonyl (C=O) groups is 1. The Bertz CT molecular complexity index is 981. The predicted molar refractivity (Wildman–Crippen MR) is 107 cm³/mol. The molecule has 142 valence electrons. The molecule has 5 heteroatoms. The number of hydrogen-bond acceptors (Lipinski definition) is 4. The Labute approximate surface area is 163 Å². The van der Waals surface area contributed by atoms with Gasteiger partial charge in [0.25, 0.3) is 0 Å². The minimum atomic E-state index is -0.736. The first-order valence-electron chi connectivity index (χ1n) is 9.07. The van der Waals surface area contributed by atoms with Crippen molar-refractivity contribution in [2.75, 3.05) is 12.1 Å². The molecule has 0 aliphatic carbocycles. The Kier molecular flexibility index (Phi) is 4.65. The number of carbonyl (C=O) groups excluding carboxylic acids is 1. The van der Waals surface area contributed by atoms with Crippen LogP contribution in [0.1, 0.15) is 19.4 Å². The Hall–Kier alpha value is -3.47. The van der Waals surface area contributed by atoms with E-state index in [0.29, 0.717) is 22.9 Å². The van der Waals surface area contributed by atoms with Crippen LogP contribution in [0.5, 0.6) is 23.0 Å². The summed E-state index contributed by atoms with van der Waals surface area (Å²) in [6.45, 7) is 3.97. The Morgan fingerprint density at radius 2 is 1.57 bits per heavy atom. The summed E-state index contributed by atoms with van der Waals surface area (Å²) in [5.74, 6) is 2.74. The van der Waals surface area contributed by atoms with Gasteiger partial charge in [0.1, 0.15) is 11.5 Å². The van der Waals surface area contributed by atoms with Crippen molar-refractivity contribution in [1.29, 1.82) is 0 Å². The standard InChI is InChI=1S/C23H21NO4/c1-23(2,16-8-13-20-21(14-16)27-15-26-20)22(25)24-17-9-11-19(12-10-17)28-18-6-4-3-5-7-18/h3-14H,15H2,1-2H3,(H,24,25). The fourth-order valence-corrected chi connectivity index (χ4v) is 2.93. The molecular weight excluding hydrogens is 354 g/mol. The number of amides is 1. The van der Waals surface area contributed by atoms with Crippen LogP contribution < -0.4 is 19.5 Å². The first-order chi connectivity index (χ1) is 13.5. The summed E-state index contributed by atoms with van der Waals surface area (Å²) in [6.07, 6.45) is 0. The van der Waals surface area contributed by atoms with Crippen LogP contribution in [-0.2, 0) is 10.2 Å². The van der Waals surface area contributed by atoms with E-state index in [1.807, 2.05) is 86.6 Å². The third-order valence-electron chi connectivity index (χ3n) is 4.75. The molecule has 0 saturated carbocycles. The number of nitrogens with one attached hydrogen (secondary N) is 1. The van der Waals surface area contributed by atoms with Gasteiger partial charge in [-0.3, -0.25) is 4.79 Å². The van der Waals surface area contributed by atoms with E-state index in [0.717, 1.165) is 11.3 Å². The lowest BCUT2D eigenvalue weighted by molar-refractivity contribution is -0.120. The molecule has 1 aliphatic rings. The molecule has 0 saturated heterocycles. The Balaban J connectivity index is 1.45. The van der Waals surface area contributed by atoms with E-state index in [1.165, 1.54) is 0 Å². The van der Waals surface area contributed by atoms with Crippen molar-refractivity contribution in [2.45, 2.75) is 19.3 Å². The average Bonchev–Trinajstić information content (AvgIpc) is 3.18. The summed E-state index contributed by atoms with van der Waals surface area (Å²) in [7, 11) is 0. The van der Waals surface area contributed by atoms with Crippen LogP contribution in [0.15, 0.2) is 72.8 Å². The monoisotopic (exact) mass is 375 g/mol. The normalized spacial score (nSPS) is 12.5. The third kappa shape index (κ3) is 3.64. The number of ether oxygens (including phenoxy) is 3. The molecule has 0 fully saturated rings. The van der Waals surface area contributed by atoms with Gasteiger partial charge >= 0.3 is 0 Å². The van der Waals surface area contributed by atoms with Crippen LogP contribution in [0.3, 0.4) is 0 Å².